The first-order chi connectivity index (χ1) is 10.9. The molecule has 0 fully saturated rings. The third-order valence-electron chi connectivity index (χ3n) is 3.99. The first-order valence-electron chi connectivity index (χ1n) is 7.22. The van der Waals surface area contributed by atoms with E-state index in [1.807, 2.05) is 46.4 Å². The maximum absolute atomic E-state index is 4.77. The summed E-state index contributed by atoms with van der Waals surface area (Å²) in [5, 5.41) is 13.4. The van der Waals surface area contributed by atoms with E-state index in [9.17, 15) is 0 Å². The maximum atomic E-state index is 4.77. The Morgan fingerprint density at radius 3 is 1.50 bits per heavy atom. The van der Waals surface area contributed by atoms with Crippen LogP contribution in [-0.4, -0.2) is 11.7 Å². The van der Waals surface area contributed by atoms with Gasteiger partial charge in [0.25, 0.3) is 0 Å². The second kappa shape index (κ2) is 4.18. The molecule has 0 spiro atoms. The number of para-hydroxylation sites is 2. The van der Waals surface area contributed by atoms with Gasteiger partial charge in [0.15, 0.2) is 11.7 Å². The van der Waals surface area contributed by atoms with Crippen LogP contribution < -0.4 is 10.0 Å². The minimum Gasteiger partial charge on any atom is -0.211 e. The summed E-state index contributed by atoms with van der Waals surface area (Å²) >= 11 is 0. The zero-order valence-electron chi connectivity index (χ0n) is 11.7. The molecule has 0 unspecified atom stereocenters. The highest BCUT2D eigenvalue weighted by molar-refractivity contribution is 6.20. The molecule has 2 aromatic carbocycles. The van der Waals surface area contributed by atoms with E-state index in [4.69, 9.17) is 10.2 Å². The number of fused-ring (bicyclic) bond motifs is 6. The fourth-order valence-corrected chi connectivity index (χ4v) is 2.93. The number of hydrogen-bond donors (Lipinski definition) is 0. The third-order valence-corrected chi connectivity index (χ3v) is 3.99. The number of benzene rings is 2. The van der Waals surface area contributed by atoms with E-state index >= 15 is 0 Å². The summed E-state index contributed by atoms with van der Waals surface area (Å²) in [4.78, 5) is 0. The molecule has 0 saturated carbocycles. The monoisotopic (exact) mass is 284 g/mol. The molecule has 0 aliphatic carbocycles. The quantitative estimate of drug-likeness (QED) is 0.738. The fraction of sp³-hybridized carbons (Fsp3) is 0. The van der Waals surface area contributed by atoms with Crippen molar-refractivity contribution in [1.29, 1.82) is 0 Å². The first-order valence-corrected chi connectivity index (χ1v) is 7.22. The Morgan fingerprint density at radius 2 is 1.00 bits per heavy atom. The average Bonchev–Trinajstić information content (AvgIpc) is 2.60. The standard InChI is InChI=1S/C18H12N4/c1-3-7-15-13(5-1)9-11-17-20-22-16-8-4-2-6-14(16)10-12-18(22)19-21(15)17/h1-12H. The van der Waals surface area contributed by atoms with Gasteiger partial charge in [0.05, 0.1) is 11.4 Å². The fourth-order valence-electron chi connectivity index (χ4n) is 2.93. The minimum absolute atomic E-state index is 0.826. The van der Waals surface area contributed by atoms with Crippen LogP contribution in [-0.2, 0) is 0 Å². The van der Waals surface area contributed by atoms with Gasteiger partial charge in [-0.2, -0.15) is 0 Å². The van der Waals surface area contributed by atoms with Crippen LogP contribution in [0.25, 0.3) is 12.2 Å². The third kappa shape index (κ3) is 1.52. The smallest absolute Gasteiger partial charge is 0.174 e. The van der Waals surface area contributed by atoms with Crippen molar-refractivity contribution in [3.63, 3.8) is 0 Å². The van der Waals surface area contributed by atoms with E-state index in [0.717, 1.165) is 34.2 Å². The van der Waals surface area contributed by atoms with Gasteiger partial charge >= 0.3 is 0 Å². The topological polar surface area (TPSA) is 31.2 Å². The summed E-state index contributed by atoms with van der Waals surface area (Å²) in [6.45, 7) is 0. The van der Waals surface area contributed by atoms with Gasteiger partial charge in [0.1, 0.15) is 0 Å². The highest BCUT2D eigenvalue weighted by Gasteiger charge is 2.28. The van der Waals surface area contributed by atoms with Crippen molar-refractivity contribution in [2.24, 2.45) is 10.2 Å². The normalized spacial score (nSPS) is 17.1. The van der Waals surface area contributed by atoms with Crippen molar-refractivity contribution >= 4 is 35.2 Å². The van der Waals surface area contributed by atoms with E-state index in [1.165, 1.54) is 0 Å². The van der Waals surface area contributed by atoms with E-state index in [2.05, 4.69) is 36.4 Å². The molecule has 3 aliphatic rings. The molecule has 3 aliphatic heterocycles. The largest absolute Gasteiger partial charge is 0.211 e. The van der Waals surface area contributed by atoms with Gasteiger partial charge in [-0.1, -0.05) is 36.4 Å². The Labute approximate surface area is 128 Å². The lowest BCUT2D eigenvalue weighted by molar-refractivity contribution is 0.996. The molecule has 5 rings (SSSR count). The van der Waals surface area contributed by atoms with Gasteiger partial charge in [-0.25, -0.2) is 10.0 Å². The molecule has 22 heavy (non-hydrogen) atoms. The van der Waals surface area contributed by atoms with Gasteiger partial charge in [0.2, 0.25) is 0 Å². The lowest BCUT2D eigenvalue weighted by atomic mass is 10.1. The van der Waals surface area contributed by atoms with Crippen LogP contribution >= 0.6 is 0 Å². The second-order valence-electron chi connectivity index (χ2n) is 5.32. The number of hydrogen-bond acceptors (Lipinski definition) is 4. The second-order valence-corrected chi connectivity index (χ2v) is 5.32. The van der Waals surface area contributed by atoms with E-state index < -0.39 is 0 Å². The maximum Gasteiger partial charge on any atom is 0.174 e. The highest BCUT2D eigenvalue weighted by Crippen LogP contribution is 2.33. The molecule has 0 atom stereocenters. The van der Waals surface area contributed by atoms with Crippen molar-refractivity contribution in [3.8, 4) is 0 Å². The molecule has 0 amide bonds. The highest BCUT2D eigenvalue weighted by atomic mass is 15.6. The Kier molecular flexibility index (Phi) is 2.19. The van der Waals surface area contributed by atoms with Gasteiger partial charge in [0, 0.05) is 11.1 Å². The van der Waals surface area contributed by atoms with Crippen molar-refractivity contribution in [1.82, 2.24) is 0 Å². The predicted octanol–water partition coefficient (Wildman–Crippen LogP) is 3.69. The molecule has 4 heteroatoms. The van der Waals surface area contributed by atoms with Crippen molar-refractivity contribution < 1.29 is 0 Å². The summed E-state index contributed by atoms with van der Waals surface area (Å²) in [5.41, 5.74) is 4.42. The molecule has 3 heterocycles. The Morgan fingerprint density at radius 1 is 0.545 bits per heavy atom. The molecule has 0 bridgehead atoms. The first kappa shape index (κ1) is 11.5. The molecule has 104 valence electrons. The summed E-state index contributed by atoms with van der Waals surface area (Å²) < 4.78 is 0. The Hall–Kier alpha value is -3.14. The lowest BCUT2D eigenvalue weighted by Crippen LogP contribution is -2.40. The molecular formula is C18H12N4. The minimum atomic E-state index is 0.826. The zero-order chi connectivity index (χ0) is 14.5. The van der Waals surface area contributed by atoms with Crippen LogP contribution in [0.4, 0.5) is 11.4 Å². The van der Waals surface area contributed by atoms with Crippen LogP contribution in [0.3, 0.4) is 0 Å². The van der Waals surface area contributed by atoms with Crippen molar-refractivity contribution in [2.45, 2.75) is 0 Å². The number of anilines is 2. The van der Waals surface area contributed by atoms with Crippen molar-refractivity contribution in [2.75, 3.05) is 10.0 Å². The Bertz CT molecular complexity index is 829. The average molecular weight is 284 g/mol. The molecule has 0 saturated heterocycles. The summed E-state index contributed by atoms with van der Waals surface area (Å²) in [7, 11) is 0. The van der Waals surface area contributed by atoms with Crippen LogP contribution in [0.5, 0.6) is 0 Å². The molecule has 2 aromatic rings. The van der Waals surface area contributed by atoms with Crippen LogP contribution in [0, 0.1) is 0 Å². The molecule has 0 N–H and O–H groups in total. The lowest BCUT2D eigenvalue weighted by Gasteiger charge is -2.34. The van der Waals surface area contributed by atoms with Gasteiger partial charge < -0.3 is 0 Å². The van der Waals surface area contributed by atoms with E-state index in [0.29, 0.717) is 0 Å². The summed E-state index contributed by atoms with van der Waals surface area (Å²) in [6.07, 6.45) is 8.17. The van der Waals surface area contributed by atoms with Gasteiger partial charge in [-0.05, 0) is 36.4 Å². The molecule has 4 nitrogen and oxygen atoms in total. The van der Waals surface area contributed by atoms with Crippen molar-refractivity contribution in [3.05, 3.63) is 71.8 Å². The summed E-state index contributed by atoms with van der Waals surface area (Å²) in [6, 6.07) is 16.4. The van der Waals surface area contributed by atoms with Crippen LogP contribution in [0.2, 0.25) is 0 Å². The Balaban J connectivity index is 1.69. The van der Waals surface area contributed by atoms with E-state index in [-0.39, 0.29) is 0 Å². The molecule has 0 aromatic heterocycles. The zero-order valence-corrected chi connectivity index (χ0v) is 11.7. The van der Waals surface area contributed by atoms with Gasteiger partial charge in [-0.15, -0.1) is 10.2 Å². The number of amidine groups is 2. The van der Waals surface area contributed by atoms with E-state index in [1.54, 1.807) is 0 Å². The number of nitrogens with zero attached hydrogens (tertiary/aromatic N) is 4. The predicted molar refractivity (Wildman–Crippen MR) is 90.8 cm³/mol. The number of hydrazone groups is 2. The van der Waals surface area contributed by atoms with Crippen LogP contribution in [0.1, 0.15) is 11.1 Å². The van der Waals surface area contributed by atoms with Gasteiger partial charge in [-0.3, -0.25) is 0 Å². The SMILES string of the molecule is C1=Cc2ccccc2N2N=C3C=Cc4ccccc4N3N=C12. The summed E-state index contributed by atoms with van der Waals surface area (Å²) in [5.74, 6) is 1.65. The molecular weight excluding hydrogens is 272 g/mol. The number of rotatable bonds is 0. The van der Waals surface area contributed by atoms with Crippen LogP contribution in [0.15, 0.2) is 70.9 Å². The molecule has 0 radical (unpaired) electrons.